The molecule has 4 aromatic rings. The minimum atomic E-state index is -1.03. The van der Waals surface area contributed by atoms with E-state index in [9.17, 15) is 15.0 Å². The number of hydrogen-bond donors (Lipinski definition) is 3. The molecule has 6 nitrogen and oxygen atoms in total. The molecule has 4 rings (SSSR count). The summed E-state index contributed by atoms with van der Waals surface area (Å²) in [5.41, 5.74) is 11.2. The first-order valence-corrected chi connectivity index (χ1v) is 12.5. The Balaban J connectivity index is 1.54. The summed E-state index contributed by atoms with van der Waals surface area (Å²) >= 11 is 0. The van der Waals surface area contributed by atoms with Gasteiger partial charge in [0.15, 0.2) is 0 Å². The van der Waals surface area contributed by atoms with E-state index in [0.29, 0.717) is 12.8 Å². The molecule has 1 amide bonds. The summed E-state index contributed by atoms with van der Waals surface area (Å²) in [5.74, 6) is 0. The maximum absolute atomic E-state index is 12.4. The highest BCUT2D eigenvalue weighted by molar-refractivity contribution is 5.65. The molecule has 0 saturated heterocycles. The number of aliphatic hydroxyl groups is 1. The van der Waals surface area contributed by atoms with E-state index in [0.717, 1.165) is 27.9 Å². The number of benzene rings is 3. The fourth-order valence-electron chi connectivity index (χ4n) is 4.55. The van der Waals surface area contributed by atoms with Crippen LogP contribution in [0.15, 0.2) is 109 Å². The summed E-state index contributed by atoms with van der Waals surface area (Å²) in [4.78, 5) is 18.2. The Kier molecular flexibility index (Phi) is 9.03. The van der Waals surface area contributed by atoms with Gasteiger partial charge in [-0.25, -0.2) is 4.79 Å². The molecule has 4 N–H and O–H groups in total. The van der Waals surface area contributed by atoms with Crippen molar-refractivity contribution in [1.29, 1.82) is 0 Å². The Bertz CT molecular complexity index is 1240. The first kappa shape index (κ1) is 26.1. The van der Waals surface area contributed by atoms with E-state index in [2.05, 4.69) is 4.98 Å². The van der Waals surface area contributed by atoms with E-state index in [-0.39, 0.29) is 13.0 Å². The van der Waals surface area contributed by atoms with Crippen molar-refractivity contribution in [2.75, 3.05) is 0 Å². The summed E-state index contributed by atoms with van der Waals surface area (Å²) in [7, 11) is 0. The summed E-state index contributed by atoms with van der Waals surface area (Å²) in [6.07, 6.45) is 1.07. The average molecular weight is 496 g/mol. The summed E-state index contributed by atoms with van der Waals surface area (Å²) in [6, 6.07) is 32.1. The van der Waals surface area contributed by atoms with Crippen LogP contribution in [-0.2, 0) is 19.4 Å². The molecule has 1 aromatic heterocycles. The van der Waals surface area contributed by atoms with Gasteiger partial charge in [-0.3, -0.25) is 4.98 Å². The molecule has 1 heterocycles. The second-order valence-electron chi connectivity index (χ2n) is 9.32. The van der Waals surface area contributed by atoms with Crippen molar-refractivity contribution in [2.24, 2.45) is 5.73 Å². The van der Waals surface area contributed by atoms with E-state index >= 15 is 0 Å². The van der Waals surface area contributed by atoms with Gasteiger partial charge in [-0.1, -0.05) is 91.0 Å². The number of nitrogens with two attached hydrogens (primary N) is 1. The largest absolute Gasteiger partial charge is 0.465 e. The van der Waals surface area contributed by atoms with Gasteiger partial charge in [0.1, 0.15) is 0 Å². The van der Waals surface area contributed by atoms with Gasteiger partial charge in [-0.15, -0.1) is 0 Å². The molecule has 0 unspecified atom stereocenters. The normalized spacial score (nSPS) is 13.5. The topological polar surface area (TPSA) is 99.7 Å². The molecule has 37 heavy (non-hydrogen) atoms. The van der Waals surface area contributed by atoms with Crippen molar-refractivity contribution in [3.8, 4) is 11.3 Å². The van der Waals surface area contributed by atoms with Gasteiger partial charge >= 0.3 is 6.09 Å². The Hall–Kier alpha value is -4.00. The molecule has 3 atom stereocenters. The third-order valence-corrected chi connectivity index (χ3v) is 6.59. The average Bonchev–Trinajstić information content (AvgIpc) is 2.93. The van der Waals surface area contributed by atoms with Gasteiger partial charge in [-0.2, -0.15) is 0 Å². The fraction of sp³-hybridized carbons (Fsp3) is 0.226. The van der Waals surface area contributed by atoms with E-state index in [1.807, 2.05) is 103 Å². The third-order valence-electron chi connectivity index (χ3n) is 6.59. The van der Waals surface area contributed by atoms with Crippen LogP contribution in [0.5, 0.6) is 0 Å². The highest BCUT2D eigenvalue weighted by atomic mass is 16.4. The Morgan fingerprint density at radius 1 is 0.784 bits per heavy atom. The van der Waals surface area contributed by atoms with Crippen LogP contribution in [0.2, 0.25) is 0 Å². The summed E-state index contributed by atoms with van der Waals surface area (Å²) < 4.78 is 0. The molecule has 0 spiro atoms. The van der Waals surface area contributed by atoms with Gasteiger partial charge in [0, 0.05) is 30.4 Å². The monoisotopic (exact) mass is 495 g/mol. The lowest BCUT2D eigenvalue weighted by molar-refractivity contribution is 0.0740. The van der Waals surface area contributed by atoms with Crippen molar-refractivity contribution in [3.63, 3.8) is 0 Å². The van der Waals surface area contributed by atoms with Crippen molar-refractivity contribution >= 4 is 6.09 Å². The maximum atomic E-state index is 12.4. The first-order chi connectivity index (χ1) is 18.0. The molecule has 0 aliphatic rings. The van der Waals surface area contributed by atoms with Crippen molar-refractivity contribution in [1.82, 2.24) is 9.88 Å². The maximum Gasteiger partial charge on any atom is 0.407 e. The SMILES string of the molecule is N[C@@H](Cc1ccccc1)[C@@H](O)C[C@H](Cc1ccc(-c2ccccn2)cc1)N(Cc1ccccc1)C(=O)O. The molecule has 6 heteroatoms. The fourth-order valence-corrected chi connectivity index (χ4v) is 4.55. The predicted molar refractivity (Wildman–Crippen MR) is 146 cm³/mol. The third kappa shape index (κ3) is 7.49. The minimum absolute atomic E-state index is 0.230. The van der Waals surface area contributed by atoms with Gasteiger partial charge in [0.2, 0.25) is 0 Å². The molecule has 0 aliphatic carbocycles. The number of amides is 1. The highest BCUT2D eigenvalue weighted by Gasteiger charge is 2.28. The van der Waals surface area contributed by atoms with Gasteiger partial charge in [-0.05, 0) is 48.1 Å². The van der Waals surface area contributed by atoms with E-state index in [1.54, 1.807) is 6.20 Å². The molecule has 0 bridgehead atoms. The molecule has 190 valence electrons. The van der Waals surface area contributed by atoms with E-state index in [4.69, 9.17) is 5.73 Å². The lowest BCUT2D eigenvalue weighted by Crippen LogP contribution is -2.46. The zero-order valence-corrected chi connectivity index (χ0v) is 20.7. The van der Waals surface area contributed by atoms with Crippen LogP contribution >= 0.6 is 0 Å². The zero-order chi connectivity index (χ0) is 26.0. The second-order valence-corrected chi connectivity index (χ2v) is 9.32. The van der Waals surface area contributed by atoms with E-state index < -0.39 is 24.3 Å². The molecular formula is C31H33N3O3. The van der Waals surface area contributed by atoms with Crippen LogP contribution in [0.3, 0.4) is 0 Å². The smallest absolute Gasteiger partial charge is 0.407 e. The number of carbonyl (C=O) groups is 1. The van der Waals surface area contributed by atoms with Crippen LogP contribution in [0.4, 0.5) is 4.79 Å². The number of carboxylic acid groups (broad SMARTS) is 1. The van der Waals surface area contributed by atoms with Crippen molar-refractivity contribution in [2.45, 2.75) is 44.0 Å². The first-order valence-electron chi connectivity index (χ1n) is 12.5. The quantitative estimate of drug-likeness (QED) is 0.267. The molecular weight excluding hydrogens is 462 g/mol. The standard InChI is InChI=1S/C31H33N3O3/c32-28(20-23-9-3-1-4-10-23)30(35)21-27(34(31(36)37)22-25-11-5-2-6-12-25)19-24-14-16-26(17-15-24)29-13-7-8-18-33-29/h1-18,27-28,30,35H,19-22,32H2,(H,36,37)/t27-,28-,30-/m0/s1. The number of pyridine rings is 1. The number of aromatic nitrogens is 1. The second kappa shape index (κ2) is 12.8. The number of hydrogen-bond acceptors (Lipinski definition) is 4. The molecule has 3 aromatic carbocycles. The zero-order valence-electron chi connectivity index (χ0n) is 20.7. The lowest BCUT2D eigenvalue weighted by Gasteiger charge is -2.33. The summed E-state index contributed by atoms with van der Waals surface area (Å²) in [6.45, 7) is 0.230. The van der Waals surface area contributed by atoms with Crippen LogP contribution in [0.1, 0.15) is 23.1 Å². The molecule has 0 radical (unpaired) electrons. The van der Waals surface area contributed by atoms with Crippen LogP contribution < -0.4 is 5.73 Å². The van der Waals surface area contributed by atoms with Crippen LogP contribution in [-0.4, -0.2) is 44.4 Å². The minimum Gasteiger partial charge on any atom is -0.465 e. The van der Waals surface area contributed by atoms with Gasteiger partial charge < -0.3 is 20.8 Å². The molecule has 0 saturated carbocycles. The van der Waals surface area contributed by atoms with Gasteiger partial charge in [0.25, 0.3) is 0 Å². The number of aliphatic hydroxyl groups excluding tert-OH is 1. The number of nitrogens with zero attached hydrogens (tertiary/aromatic N) is 2. The van der Waals surface area contributed by atoms with E-state index in [1.165, 1.54) is 4.90 Å². The molecule has 0 fully saturated rings. The van der Waals surface area contributed by atoms with Crippen molar-refractivity contribution in [3.05, 3.63) is 126 Å². The summed E-state index contributed by atoms with van der Waals surface area (Å²) in [5, 5.41) is 21.2. The van der Waals surface area contributed by atoms with Crippen molar-refractivity contribution < 1.29 is 15.0 Å². The lowest BCUT2D eigenvalue weighted by atomic mass is 9.93. The molecule has 0 aliphatic heterocycles. The van der Waals surface area contributed by atoms with Crippen LogP contribution in [0, 0.1) is 0 Å². The Morgan fingerprint density at radius 2 is 1.38 bits per heavy atom. The highest BCUT2D eigenvalue weighted by Crippen LogP contribution is 2.22. The van der Waals surface area contributed by atoms with Crippen LogP contribution in [0.25, 0.3) is 11.3 Å². The Morgan fingerprint density at radius 3 is 1.97 bits per heavy atom. The predicted octanol–water partition coefficient (Wildman–Crippen LogP) is 5.16. The Labute approximate surface area is 218 Å². The van der Waals surface area contributed by atoms with Gasteiger partial charge in [0.05, 0.1) is 11.8 Å². The number of rotatable bonds is 11.